The second-order valence-electron chi connectivity index (χ2n) is 5.18. The highest BCUT2D eigenvalue weighted by atomic mass is 32.1. The first-order valence-corrected chi connectivity index (χ1v) is 7.18. The molecule has 0 amide bonds. The maximum absolute atomic E-state index is 11.1. The number of hydrogen-bond acceptors (Lipinski definition) is 3. The van der Waals surface area contributed by atoms with Crippen LogP contribution in [0.4, 0.5) is 17.1 Å². The number of nitrogens with one attached hydrogen (secondary N) is 2. The van der Waals surface area contributed by atoms with Gasteiger partial charge in [0.15, 0.2) is 5.11 Å². The lowest BCUT2D eigenvalue weighted by molar-refractivity contribution is -0.383. The molecule has 22 heavy (non-hydrogen) atoms. The SMILES string of the molecule is Cc1ccc(NC(=S)Nc2ccc(C)cc2[N+](=O)[O-])c(C)c1. The second-order valence-corrected chi connectivity index (χ2v) is 5.58. The Bertz CT molecular complexity index is 744. The van der Waals surface area contributed by atoms with Crippen molar-refractivity contribution in [3.8, 4) is 0 Å². The molecule has 2 rings (SSSR count). The van der Waals surface area contributed by atoms with Crippen LogP contribution in [0.2, 0.25) is 0 Å². The minimum absolute atomic E-state index is 0.00442. The number of nitro benzene ring substituents is 1. The van der Waals surface area contributed by atoms with Gasteiger partial charge in [-0.3, -0.25) is 10.1 Å². The molecule has 0 atom stereocenters. The molecule has 0 bridgehead atoms. The fourth-order valence-electron chi connectivity index (χ4n) is 2.13. The van der Waals surface area contributed by atoms with Gasteiger partial charge in [0.2, 0.25) is 0 Å². The minimum Gasteiger partial charge on any atom is -0.332 e. The number of rotatable bonds is 3. The summed E-state index contributed by atoms with van der Waals surface area (Å²) in [4.78, 5) is 10.7. The first-order valence-electron chi connectivity index (χ1n) is 6.77. The third-order valence-corrected chi connectivity index (χ3v) is 3.43. The molecule has 0 aliphatic rings. The van der Waals surface area contributed by atoms with Gasteiger partial charge in [-0.15, -0.1) is 0 Å². The monoisotopic (exact) mass is 315 g/mol. The Morgan fingerprint density at radius 3 is 2.14 bits per heavy atom. The Hall–Kier alpha value is -2.47. The van der Waals surface area contributed by atoms with Crippen LogP contribution in [0.3, 0.4) is 0 Å². The van der Waals surface area contributed by atoms with Crippen molar-refractivity contribution in [3.05, 3.63) is 63.2 Å². The van der Waals surface area contributed by atoms with E-state index in [1.54, 1.807) is 12.1 Å². The third kappa shape index (κ3) is 3.79. The van der Waals surface area contributed by atoms with Gasteiger partial charge >= 0.3 is 0 Å². The maximum Gasteiger partial charge on any atom is 0.292 e. The Balaban J connectivity index is 2.17. The molecule has 6 heteroatoms. The summed E-state index contributed by atoms with van der Waals surface area (Å²) in [5.41, 5.74) is 4.30. The standard InChI is InChI=1S/C16H17N3O2S/c1-10-4-6-13(12(3)8-10)17-16(22)18-14-7-5-11(2)9-15(14)19(20)21/h4-9H,1-3H3,(H2,17,18,22). The van der Waals surface area contributed by atoms with E-state index >= 15 is 0 Å². The first-order chi connectivity index (χ1) is 10.4. The van der Waals surface area contributed by atoms with Crippen LogP contribution in [0.25, 0.3) is 0 Å². The molecular weight excluding hydrogens is 298 g/mol. The van der Waals surface area contributed by atoms with E-state index in [0.29, 0.717) is 10.8 Å². The van der Waals surface area contributed by atoms with Crippen LogP contribution in [-0.4, -0.2) is 10.0 Å². The fraction of sp³-hybridized carbons (Fsp3) is 0.188. The zero-order valence-corrected chi connectivity index (χ0v) is 13.5. The van der Waals surface area contributed by atoms with E-state index in [1.807, 2.05) is 39.0 Å². The summed E-state index contributed by atoms with van der Waals surface area (Å²) in [5, 5.41) is 17.4. The molecule has 2 aromatic carbocycles. The number of benzene rings is 2. The molecule has 2 N–H and O–H groups in total. The van der Waals surface area contributed by atoms with Crippen LogP contribution >= 0.6 is 12.2 Å². The van der Waals surface area contributed by atoms with E-state index < -0.39 is 4.92 Å². The van der Waals surface area contributed by atoms with Gasteiger partial charge < -0.3 is 10.6 Å². The van der Waals surface area contributed by atoms with Gasteiger partial charge in [-0.2, -0.15) is 0 Å². The van der Waals surface area contributed by atoms with E-state index in [0.717, 1.165) is 22.4 Å². The summed E-state index contributed by atoms with van der Waals surface area (Å²) < 4.78 is 0. The summed E-state index contributed by atoms with van der Waals surface area (Å²) in [6, 6.07) is 10.9. The smallest absolute Gasteiger partial charge is 0.292 e. The zero-order valence-electron chi connectivity index (χ0n) is 12.6. The number of nitro groups is 1. The van der Waals surface area contributed by atoms with Gasteiger partial charge in [-0.1, -0.05) is 23.8 Å². The maximum atomic E-state index is 11.1. The van der Waals surface area contributed by atoms with E-state index in [9.17, 15) is 10.1 Å². The molecule has 0 aromatic heterocycles. The molecule has 0 aliphatic heterocycles. The number of nitrogens with zero attached hydrogens (tertiary/aromatic N) is 1. The molecule has 2 aromatic rings. The molecule has 0 aliphatic carbocycles. The van der Waals surface area contributed by atoms with Crippen LogP contribution in [0.5, 0.6) is 0 Å². The average Bonchev–Trinajstić information content (AvgIpc) is 2.43. The van der Waals surface area contributed by atoms with Crippen molar-refractivity contribution in [1.29, 1.82) is 0 Å². The zero-order chi connectivity index (χ0) is 16.3. The Morgan fingerprint density at radius 2 is 1.55 bits per heavy atom. The summed E-state index contributed by atoms with van der Waals surface area (Å²) in [5.74, 6) is 0. The van der Waals surface area contributed by atoms with Gasteiger partial charge in [0.05, 0.1) is 4.92 Å². The van der Waals surface area contributed by atoms with Crippen molar-refractivity contribution >= 4 is 34.4 Å². The highest BCUT2D eigenvalue weighted by Crippen LogP contribution is 2.25. The lowest BCUT2D eigenvalue weighted by Crippen LogP contribution is -2.20. The normalized spacial score (nSPS) is 10.1. The van der Waals surface area contributed by atoms with Crippen molar-refractivity contribution < 1.29 is 4.92 Å². The highest BCUT2D eigenvalue weighted by Gasteiger charge is 2.14. The molecule has 5 nitrogen and oxygen atoms in total. The van der Waals surface area contributed by atoms with Crippen LogP contribution in [0.15, 0.2) is 36.4 Å². The number of thiocarbonyl (C=S) groups is 1. The van der Waals surface area contributed by atoms with Gasteiger partial charge in [0.25, 0.3) is 5.69 Å². The quantitative estimate of drug-likeness (QED) is 0.501. The van der Waals surface area contributed by atoms with Crippen molar-refractivity contribution in [3.63, 3.8) is 0 Å². The summed E-state index contributed by atoms with van der Waals surface area (Å²) in [6.07, 6.45) is 0. The average molecular weight is 315 g/mol. The fourth-order valence-corrected chi connectivity index (χ4v) is 2.35. The molecule has 0 saturated carbocycles. The Labute approximate surface area is 134 Å². The van der Waals surface area contributed by atoms with Gasteiger partial charge in [-0.05, 0) is 56.2 Å². The molecule has 0 unspecified atom stereocenters. The molecule has 0 saturated heterocycles. The predicted molar refractivity (Wildman–Crippen MR) is 93.6 cm³/mol. The number of anilines is 2. The van der Waals surface area contributed by atoms with E-state index in [4.69, 9.17) is 12.2 Å². The van der Waals surface area contributed by atoms with E-state index in [2.05, 4.69) is 10.6 Å². The topological polar surface area (TPSA) is 67.2 Å². The van der Waals surface area contributed by atoms with Crippen LogP contribution in [0, 0.1) is 30.9 Å². The van der Waals surface area contributed by atoms with Crippen molar-refractivity contribution in [2.75, 3.05) is 10.6 Å². The van der Waals surface area contributed by atoms with Gasteiger partial charge in [0, 0.05) is 11.8 Å². The minimum atomic E-state index is -0.422. The van der Waals surface area contributed by atoms with Crippen LogP contribution in [0.1, 0.15) is 16.7 Å². The summed E-state index contributed by atoms with van der Waals surface area (Å²) in [7, 11) is 0. The molecule has 0 heterocycles. The van der Waals surface area contributed by atoms with Crippen LogP contribution in [-0.2, 0) is 0 Å². The van der Waals surface area contributed by atoms with Gasteiger partial charge in [0.1, 0.15) is 5.69 Å². The Kier molecular flexibility index (Phi) is 4.72. The largest absolute Gasteiger partial charge is 0.332 e. The predicted octanol–water partition coefficient (Wildman–Crippen LogP) is 4.33. The molecule has 0 radical (unpaired) electrons. The summed E-state index contributed by atoms with van der Waals surface area (Å²) >= 11 is 5.24. The highest BCUT2D eigenvalue weighted by molar-refractivity contribution is 7.80. The lowest BCUT2D eigenvalue weighted by Gasteiger charge is -2.13. The van der Waals surface area contributed by atoms with Crippen molar-refractivity contribution in [2.24, 2.45) is 0 Å². The van der Waals surface area contributed by atoms with Crippen molar-refractivity contribution in [1.82, 2.24) is 0 Å². The van der Waals surface area contributed by atoms with Crippen molar-refractivity contribution in [2.45, 2.75) is 20.8 Å². The summed E-state index contributed by atoms with van der Waals surface area (Å²) in [6.45, 7) is 5.80. The third-order valence-electron chi connectivity index (χ3n) is 3.23. The lowest BCUT2D eigenvalue weighted by atomic mass is 10.1. The molecule has 114 valence electrons. The van der Waals surface area contributed by atoms with E-state index in [-0.39, 0.29) is 5.69 Å². The van der Waals surface area contributed by atoms with Gasteiger partial charge in [-0.25, -0.2) is 0 Å². The molecule has 0 spiro atoms. The number of aryl methyl sites for hydroxylation is 3. The van der Waals surface area contributed by atoms with E-state index in [1.165, 1.54) is 6.07 Å². The Morgan fingerprint density at radius 1 is 1.00 bits per heavy atom. The second kappa shape index (κ2) is 6.53. The first kappa shape index (κ1) is 15.9. The van der Waals surface area contributed by atoms with Crippen LogP contribution < -0.4 is 10.6 Å². The number of hydrogen-bond donors (Lipinski definition) is 2. The molecule has 0 fully saturated rings. The molecular formula is C16H17N3O2S.